The number of fused-ring (bicyclic) bond motifs is 1. The molecule has 1 aromatic heterocycles. The summed E-state index contributed by atoms with van der Waals surface area (Å²) in [6.07, 6.45) is 0. The van der Waals surface area contributed by atoms with E-state index in [9.17, 15) is 4.79 Å². The summed E-state index contributed by atoms with van der Waals surface area (Å²) in [5.74, 6) is 0.414. The van der Waals surface area contributed by atoms with E-state index < -0.39 is 0 Å². The monoisotopic (exact) mass is 359 g/mol. The van der Waals surface area contributed by atoms with E-state index in [4.69, 9.17) is 4.74 Å². The predicted octanol–water partition coefficient (Wildman–Crippen LogP) is 4.21. The largest absolute Gasteiger partial charge is 0.484 e. The molecule has 24 heavy (non-hydrogen) atoms. The number of carbonyl (C=O) groups is 1. The van der Waals surface area contributed by atoms with E-state index in [2.05, 4.69) is 29.4 Å². The molecule has 7 heteroatoms. The molecule has 1 amide bonds. The highest BCUT2D eigenvalue weighted by molar-refractivity contribution is 8.01. The number of anilines is 1. The number of amides is 1. The molecule has 5 nitrogen and oxygen atoms in total. The summed E-state index contributed by atoms with van der Waals surface area (Å²) in [5, 5.41) is 13.8. The van der Waals surface area contributed by atoms with E-state index in [1.54, 1.807) is 11.8 Å². The molecule has 1 heterocycles. The Balaban J connectivity index is 1.55. The van der Waals surface area contributed by atoms with Gasteiger partial charge in [0.1, 0.15) is 5.75 Å². The normalized spacial score (nSPS) is 11.0. The maximum absolute atomic E-state index is 12.0. The van der Waals surface area contributed by atoms with Crippen molar-refractivity contribution in [3.8, 4) is 5.75 Å². The third-order valence-electron chi connectivity index (χ3n) is 3.08. The van der Waals surface area contributed by atoms with Gasteiger partial charge in [-0.1, -0.05) is 67.3 Å². The number of aromatic nitrogens is 2. The fraction of sp³-hybridized carbons (Fsp3) is 0.235. The average Bonchev–Trinajstić information content (AvgIpc) is 2.99. The minimum absolute atomic E-state index is 0.0649. The van der Waals surface area contributed by atoms with Gasteiger partial charge in [0.25, 0.3) is 5.91 Å². The summed E-state index contributed by atoms with van der Waals surface area (Å²) >= 11 is 2.99. The summed E-state index contributed by atoms with van der Waals surface area (Å²) in [6.45, 7) is 4.11. The molecule has 3 rings (SSSR count). The van der Waals surface area contributed by atoms with Gasteiger partial charge in [-0.05, 0) is 22.9 Å². The van der Waals surface area contributed by atoms with Gasteiger partial charge in [-0.15, -0.1) is 10.2 Å². The quantitative estimate of drug-likeness (QED) is 0.528. The Kier molecular flexibility index (Phi) is 5.32. The molecule has 0 spiro atoms. The lowest BCUT2D eigenvalue weighted by Crippen LogP contribution is -2.20. The minimum atomic E-state index is -0.250. The first kappa shape index (κ1) is 16.7. The van der Waals surface area contributed by atoms with Crippen LogP contribution >= 0.6 is 23.1 Å². The van der Waals surface area contributed by atoms with Crippen molar-refractivity contribution < 1.29 is 9.53 Å². The van der Waals surface area contributed by atoms with Gasteiger partial charge in [-0.3, -0.25) is 10.1 Å². The molecule has 1 N–H and O–H groups in total. The Morgan fingerprint density at radius 3 is 2.79 bits per heavy atom. The van der Waals surface area contributed by atoms with Crippen LogP contribution in [0, 0.1) is 0 Å². The maximum Gasteiger partial charge on any atom is 0.264 e. The number of hydrogen-bond donors (Lipinski definition) is 1. The van der Waals surface area contributed by atoms with E-state index in [1.165, 1.54) is 11.3 Å². The summed E-state index contributed by atoms with van der Waals surface area (Å²) in [6, 6.07) is 13.8. The topological polar surface area (TPSA) is 64.1 Å². The highest BCUT2D eigenvalue weighted by Crippen LogP contribution is 2.28. The summed E-state index contributed by atoms with van der Waals surface area (Å²) < 4.78 is 6.40. The zero-order chi connectivity index (χ0) is 16.9. The minimum Gasteiger partial charge on any atom is -0.484 e. The molecule has 0 saturated heterocycles. The van der Waals surface area contributed by atoms with Crippen LogP contribution in [0.15, 0.2) is 46.8 Å². The molecule has 0 atom stereocenters. The van der Waals surface area contributed by atoms with E-state index in [0.29, 0.717) is 16.1 Å². The van der Waals surface area contributed by atoms with Gasteiger partial charge >= 0.3 is 0 Å². The van der Waals surface area contributed by atoms with Crippen LogP contribution in [0.2, 0.25) is 0 Å². The van der Waals surface area contributed by atoms with E-state index in [1.807, 2.05) is 42.5 Å². The molecular formula is C17H17N3O2S2. The Bertz CT molecular complexity index is 848. The van der Waals surface area contributed by atoms with E-state index in [0.717, 1.165) is 15.1 Å². The molecule has 0 unspecified atom stereocenters. The molecule has 0 aliphatic carbocycles. The van der Waals surface area contributed by atoms with Crippen LogP contribution in [0.5, 0.6) is 5.75 Å². The number of hydrogen-bond acceptors (Lipinski definition) is 6. The van der Waals surface area contributed by atoms with Crippen LogP contribution in [0.25, 0.3) is 10.8 Å². The molecule has 0 fully saturated rings. The van der Waals surface area contributed by atoms with Gasteiger partial charge in [0.05, 0.1) is 0 Å². The van der Waals surface area contributed by atoms with Gasteiger partial charge in [0, 0.05) is 5.25 Å². The standard InChI is InChI=1S/C17H17N3O2S2/c1-11(2)23-17-20-19-16(24-17)18-15(21)10-22-14-8-7-12-5-3-4-6-13(12)9-14/h3-9,11H,10H2,1-2H3,(H,18,19,21). The lowest BCUT2D eigenvalue weighted by molar-refractivity contribution is -0.118. The second kappa shape index (κ2) is 7.63. The van der Waals surface area contributed by atoms with Gasteiger partial charge in [-0.2, -0.15) is 0 Å². The van der Waals surface area contributed by atoms with Crippen molar-refractivity contribution >= 4 is 44.9 Å². The van der Waals surface area contributed by atoms with Crippen LogP contribution in [-0.2, 0) is 4.79 Å². The van der Waals surface area contributed by atoms with Crippen molar-refractivity contribution in [3.63, 3.8) is 0 Å². The number of thioether (sulfide) groups is 1. The number of nitrogens with one attached hydrogen (secondary N) is 1. The maximum atomic E-state index is 12.0. The second-order valence-electron chi connectivity index (χ2n) is 5.39. The smallest absolute Gasteiger partial charge is 0.264 e. The van der Waals surface area contributed by atoms with E-state index in [-0.39, 0.29) is 12.5 Å². The van der Waals surface area contributed by atoms with Crippen molar-refractivity contribution in [2.75, 3.05) is 11.9 Å². The van der Waals surface area contributed by atoms with Crippen molar-refractivity contribution in [2.24, 2.45) is 0 Å². The average molecular weight is 359 g/mol. The fourth-order valence-corrected chi connectivity index (χ4v) is 4.06. The van der Waals surface area contributed by atoms with Crippen LogP contribution in [0.3, 0.4) is 0 Å². The highest BCUT2D eigenvalue weighted by Gasteiger charge is 2.10. The third-order valence-corrected chi connectivity index (χ3v) is 5.01. The molecule has 2 aromatic carbocycles. The lowest BCUT2D eigenvalue weighted by atomic mass is 10.1. The Labute approximate surface area is 148 Å². The number of carbonyl (C=O) groups excluding carboxylic acids is 1. The highest BCUT2D eigenvalue weighted by atomic mass is 32.2. The lowest BCUT2D eigenvalue weighted by Gasteiger charge is -2.06. The predicted molar refractivity (Wildman–Crippen MR) is 99.0 cm³/mol. The summed E-state index contributed by atoms with van der Waals surface area (Å²) in [7, 11) is 0. The molecule has 0 aliphatic heterocycles. The first-order valence-corrected chi connectivity index (χ1v) is 9.21. The second-order valence-corrected chi connectivity index (χ2v) is 8.19. The number of ether oxygens (including phenoxy) is 1. The molecule has 0 bridgehead atoms. The van der Waals surface area contributed by atoms with Crippen molar-refractivity contribution in [2.45, 2.75) is 23.4 Å². The summed E-state index contributed by atoms with van der Waals surface area (Å²) in [4.78, 5) is 12.0. The van der Waals surface area contributed by atoms with Gasteiger partial charge in [0.15, 0.2) is 10.9 Å². The number of nitrogens with zero attached hydrogens (tertiary/aromatic N) is 2. The Morgan fingerprint density at radius 2 is 2.00 bits per heavy atom. The number of benzene rings is 2. The number of rotatable bonds is 6. The molecule has 0 aliphatic rings. The van der Waals surface area contributed by atoms with Crippen LogP contribution < -0.4 is 10.1 Å². The first-order chi connectivity index (χ1) is 11.6. The zero-order valence-corrected chi connectivity index (χ0v) is 15.0. The SMILES string of the molecule is CC(C)Sc1nnc(NC(=O)COc2ccc3ccccc3c2)s1. The van der Waals surface area contributed by atoms with Gasteiger partial charge in [-0.25, -0.2) is 0 Å². The molecule has 0 saturated carbocycles. The van der Waals surface area contributed by atoms with E-state index >= 15 is 0 Å². The molecule has 3 aromatic rings. The van der Waals surface area contributed by atoms with Crippen LogP contribution in [0.4, 0.5) is 5.13 Å². The molecule has 124 valence electrons. The Hall–Kier alpha value is -2.12. The first-order valence-electron chi connectivity index (χ1n) is 7.52. The molecule has 0 radical (unpaired) electrons. The fourth-order valence-electron chi connectivity index (χ4n) is 2.07. The van der Waals surface area contributed by atoms with Gasteiger partial charge < -0.3 is 4.74 Å². The summed E-state index contributed by atoms with van der Waals surface area (Å²) in [5.41, 5.74) is 0. The van der Waals surface area contributed by atoms with Crippen LogP contribution in [0.1, 0.15) is 13.8 Å². The molecular weight excluding hydrogens is 342 g/mol. The Morgan fingerprint density at radius 1 is 1.21 bits per heavy atom. The van der Waals surface area contributed by atoms with Crippen molar-refractivity contribution in [1.82, 2.24) is 10.2 Å². The van der Waals surface area contributed by atoms with Crippen molar-refractivity contribution in [1.29, 1.82) is 0 Å². The van der Waals surface area contributed by atoms with Crippen LogP contribution in [-0.4, -0.2) is 28.0 Å². The van der Waals surface area contributed by atoms with Gasteiger partial charge in [0.2, 0.25) is 5.13 Å². The third kappa shape index (κ3) is 4.46. The van der Waals surface area contributed by atoms with Crippen molar-refractivity contribution in [3.05, 3.63) is 42.5 Å². The zero-order valence-electron chi connectivity index (χ0n) is 13.4.